The normalized spacial score (nSPS) is 11.8. The van der Waals surface area contributed by atoms with Crippen molar-refractivity contribution in [3.63, 3.8) is 0 Å². The second-order valence-electron chi connectivity index (χ2n) is 17.4. The molecule has 0 saturated carbocycles. The highest BCUT2D eigenvalue weighted by molar-refractivity contribution is 7.26. The van der Waals surface area contributed by atoms with Crippen LogP contribution in [0.2, 0.25) is 0 Å². The zero-order valence-electron chi connectivity index (χ0n) is 37.4. The van der Waals surface area contributed by atoms with Gasteiger partial charge in [-0.3, -0.25) is 0 Å². The van der Waals surface area contributed by atoms with Crippen LogP contribution in [-0.2, 0) is 0 Å². The van der Waals surface area contributed by atoms with E-state index in [9.17, 15) is 0 Å². The van der Waals surface area contributed by atoms with Crippen molar-refractivity contribution in [2.24, 2.45) is 0 Å². The van der Waals surface area contributed by atoms with Crippen LogP contribution < -0.4 is 20.7 Å². The first-order valence-corrected chi connectivity index (χ1v) is 26.2. The molecule has 0 aliphatic carbocycles. The molecule has 0 unspecified atom stereocenters. The van der Waals surface area contributed by atoms with Gasteiger partial charge in [-0.25, -0.2) is 15.0 Å². The minimum Gasteiger partial charge on any atom is -0.309 e. The summed E-state index contributed by atoms with van der Waals surface area (Å²) in [6.45, 7) is 0. The molecule has 10 aromatic carbocycles. The number of hydrogen-bond donors (Lipinski definition) is 0. The van der Waals surface area contributed by atoms with Gasteiger partial charge in [-0.05, 0) is 56.6 Å². The van der Waals surface area contributed by atoms with Crippen molar-refractivity contribution < 1.29 is 0 Å². The molecule has 13 rings (SSSR count). The fraction of sp³-hybridized carbons (Fsp3) is 0. The lowest BCUT2D eigenvalue weighted by Crippen LogP contribution is -2.74. The third-order valence-electron chi connectivity index (χ3n) is 13.6. The molecule has 0 aliphatic heterocycles. The van der Waals surface area contributed by atoms with Crippen LogP contribution in [-0.4, -0.2) is 27.6 Å². The number of hydrogen-bond acceptors (Lipinski definition) is 4. The fourth-order valence-electron chi connectivity index (χ4n) is 10.6. The molecule has 13 aromatic rings. The first-order chi connectivity index (χ1) is 34.2. The summed E-state index contributed by atoms with van der Waals surface area (Å²) >= 11 is 1.84. The third-order valence-corrected chi connectivity index (χ3v) is 19.6. The van der Waals surface area contributed by atoms with E-state index in [1.165, 1.54) is 51.7 Å². The number of aromatic nitrogens is 4. The Kier molecular flexibility index (Phi) is 10.00. The largest absolute Gasteiger partial charge is 0.309 e. The molecule has 0 fully saturated rings. The van der Waals surface area contributed by atoms with E-state index in [0.717, 1.165) is 44.5 Å². The van der Waals surface area contributed by atoms with Crippen molar-refractivity contribution in [3.05, 3.63) is 255 Å². The molecular weight excluding hydrogens is 873 g/mol. The van der Waals surface area contributed by atoms with Gasteiger partial charge in [0.2, 0.25) is 0 Å². The molecule has 69 heavy (non-hydrogen) atoms. The van der Waals surface area contributed by atoms with Gasteiger partial charge in [-0.1, -0.05) is 224 Å². The van der Waals surface area contributed by atoms with Gasteiger partial charge in [-0.2, -0.15) is 0 Å². The Bertz CT molecular complexity index is 3880. The SMILES string of the molecule is c1ccc([Si](c2ccccc2)(c2ccccc2)c2cccc(-c3nc(-c4ccccc4-c4cccc5c4sc4ccccc45)nc(-c4ccccc4-n4c5ccccc5c5ccccc54)n3)c2)cc1. The maximum absolute atomic E-state index is 5.53. The lowest BCUT2D eigenvalue weighted by atomic mass is 9.97. The van der Waals surface area contributed by atoms with Crippen molar-refractivity contribution in [2.75, 3.05) is 0 Å². The number of benzene rings is 10. The predicted molar refractivity (Wildman–Crippen MR) is 292 cm³/mol. The number of thiophene rings is 1. The van der Waals surface area contributed by atoms with Gasteiger partial charge >= 0.3 is 0 Å². The Hall–Kier alpha value is -8.55. The molecule has 3 aromatic heterocycles. The van der Waals surface area contributed by atoms with E-state index in [1.807, 2.05) is 11.3 Å². The van der Waals surface area contributed by atoms with Gasteiger partial charge in [0, 0.05) is 53.2 Å². The quantitative estimate of drug-likeness (QED) is 0.107. The highest BCUT2D eigenvalue weighted by atomic mass is 32.1. The minimum atomic E-state index is -2.88. The number of rotatable bonds is 9. The molecule has 0 amide bonds. The summed E-state index contributed by atoms with van der Waals surface area (Å²) in [6, 6.07) is 91.9. The number of para-hydroxylation sites is 3. The molecular formula is C63H42N4SSi. The maximum atomic E-state index is 5.53. The summed E-state index contributed by atoms with van der Waals surface area (Å²) in [5, 5.41) is 10.1. The standard InChI is InChI=1S/C63H42N4SSi/c1-4-23-44(24-5-1)69(45-25-6-2-7-26-45,46-27-8-3-9-28-46)47-29-20-22-43(42-47)61-64-62(54-34-11-10-30-48(54)52-36-21-37-53-51-33-15-19-41-59(51)68-60(52)53)66-63(65-61)55-35-14-18-40-58(55)67-56-38-16-12-31-49(56)50-32-13-17-39-57(50)67/h1-42H. The van der Waals surface area contributed by atoms with E-state index in [-0.39, 0.29) is 0 Å². The lowest BCUT2D eigenvalue weighted by molar-refractivity contribution is 1.06. The number of fused-ring (bicyclic) bond motifs is 6. The van der Waals surface area contributed by atoms with Crippen LogP contribution in [0.15, 0.2) is 255 Å². The summed E-state index contributed by atoms with van der Waals surface area (Å²) < 4.78 is 4.87. The fourth-order valence-corrected chi connectivity index (χ4v) is 16.6. The van der Waals surface area contributed by atoms with Gasteiger partial charge in [0.1, 0.15) is 0 Å². The van der Waals surface area contributed by atoms with Crippen LogP contribution in [0.1, 0.15) is 0 Å². The van der Waals surface area contributed by atoms with Gasteiger partial charge in [-0.15, -0.1) is 11.3 Å². The molecule has 6 heteroatoms. The van der Waals surface area contributed by atoms with Crippen LogP contribution in [0.3, 0.4) is 0 Å². The molecule has 0 radical (unpaired) electrons. The van der Waals surface area contributed by atoms with Gasteiger partial charge in [0.25, 0.3) is 0 Å². The average Bonchev–Trinajstić information content (AvgIpc) is 3.98. The highest BCUT2D eigenvalue weighted by Gasteiger charge is 2.41. The molecule has 0 N–H and O–H groups in total. The Morgan fingerprint density at radius 1 is 0.319 bits per heavy atom. The average molecular weight is 915 g/mol. The lowest BCUT2D eigenvalue weighted by Gasteiger charge is -2.34. The molecule has 0 saturated heterocycles. The van der Waals surface area contributed by atoms with E-state index in [4.69, 9.17) is 15.0 Å². The van der Waals surface area contributed by atoms with E-state index in [0.29, 0.717) is 17.5 Å². The van der Waals surface area contributed by atoms with Crippen molar-refractivity contribution in [1.82, 2.24) is 19.5 Å². The minimum absolute atomic E-state index is 0.602. The van der Waals surface area contributed by atoms with Crippen molar-refractivity contribution >= 4 is 82.1 Å². The smallest absolute Gasteiger partial charge is 0.179 e. The molecule has 0 aliphatic rings. The van der Waals surface area contributed by atoms with Gasteiger partial charge in [0.15, 0.2) is 25.5 Å². The molecule has 4 nitrogen and oxygen atoms in total. The Morgan fingerprint density at radius 3 is 1.42 bits per heavy atom. The summed E-state index contributed by atoms with van der Waals surface area (Å²) in [7, 11) is -2.88. The van der Waals surface area contributed by atoms with Crippen LogP contribution in [0.5, 0.6) is 0 Å². The van der Waals surface area contributed by atoms with Crippen LogP contribution in [0, 0.1) is 0 Å². The molecule has 324 valence electrons. The predicted octanol–water partition coefficient (Wildman–Crippen LogP) is 13.4. The summed E-state index contributed by atoms with van der Waals surface area (Å²) in [6.07, 6.45) is 0. The van der Waals surface area contributed by atoms with Crippen molar-refractivity contribution in [3.8, 4) is 51.0 Å². The Morgan fingerprint density at radius 2 is 0.768 bits per heavy atom. The summed E-state index contributed by atoms with van der Waals surface area (Å²) in [4.78, 5) is 16.6. The third kappa shape index (κ3) is 6.75. The molecule has 0 atom stereocenters. The van der Waals surface area contributed by atoms with Crippen LogP contribution >= 0.6 is 11.3 Å². The molecule has 0 spiro atoms. The van der Waals surface area contributed by atoms with Crippen molar-refractivity contribution in [1.29, 1.82) is 0 Å². The highest BCUT2D eigenvalue weighted by Crippen LogP contribution is 2.43. The van der Waals surface area contributed by atoms with E-state index < -0.39 is 8.07 Å². The molecule has 3 heterocycles. The van der Waals surface area contributed by atoms with Crippen LogP contribution in [0.4, 0.5) is 0 Å². The second kappa shape index (κ2) is 17.0. The first-order valence-electron chi connectivity index (χ1n) is 23.4. The topological polar surface area (TPSA) is 43.6 Å². The van der Waals surface area contributed by atoms with E-state index in [1.54, 1.807) is 0 Å². The zero-order valence-corrected chi connectivity index (χ0v) is 39.3. The van der Waals surface area contributed by atoms with Gasteiger partial charge < -0.3 is 4.57 Å². The first kappa shape index (κ1) is 40.7. The zero-order chi connectivity index (χ0) is 45.7. The number of nitrogens with zero attached hydrogens (tertiary/aromatic N) is 4. The summed E-state index contributed by atoms with van der Waals surface area (Å²) in [5.41, 5.74) is 8.26. The monoisotopic (exact) mass is 914 g/mol. The second-order valence-corrected chi connectivity index (χ2v) is 22.3. The molecule has 0 bridgehead atoms. The van der Waals surface area contributed by atoms with Crippen molar-refractivity contribution in [2.45, 2.75) is 0 Å². The maximum Gasteiger partial charge on any atom is 0.179 e. The van der Waals surface area contributed by atoms with E-state index >= 15 is 0 Å². The Balaban J connectivity index is 1.08. The van der Waals surface area contributed by atoms with Crippen LogP contribution in [0.25, 0.3) is 93.0 Å². The summed E-state index contributed by atoms with van der Waals surface area (Å²) in [5.74, 6) is 1.83. The Labute approximate surface area is 405 Å². The van der Waals surface area contributed by atoms with E-state index in [2.05, 4.69) is 259 Å². The van der Waals surface area contributed by atoms with Gasteiger partial charge in [0.05, 0.1) is 16.7 Å².